The van der Waals surface area contributed by atoms with E-state index in [0.29, 0.717) is 16.4 Å². The second-order valence-electron chi connectivity index (χ2n) is 6.98. The molecule has 160 valence electrons. The summed E-state index contributed by atoms with van der Waals surface area (Å²) in [6.07, 6.45) is 0. The van der Waals surface area contributed by atoms with Gasteiger partial charge in [-0.25, -0.2) is 9.18 Å². The van der Waals surface area contributed by atoms with Crippen LogP contribution in [0.2, 0.25) is 0 Å². The standard InChI is InChI=1S/C24H19FN4O2S/c1-15(22(30)27-24(31)26-18-7-3-2-4-8-18)32-23-20-10-6-5-9-19(20)21(28-29-23)16-11-13-17(25)14-12-16/h2-15H,1H3,(H2,26,27,30,31). The number of thioether (sulfide) groups is 1. The van der Waals surface area contributed by atoms with E-state index in [1.165, 1.54) is 23.9 Å². The van der Waals surface area contributed by atoms with Crippen LogP contribution in [-0.2, 0) is 4.79 Å². The Labute approximate surface area is 188 Å². The molecule has 6 nitrogen and oxygen atoms in total. The van der Waals surface area contributed by atoms with E-state index in [2.05, 4.69) is 20.8 Å². The van der Waals surface area contributed by atoms with Crippen LogP contribution < -0.4 is 10.6 Å². The van der Waals surface area contributed by atoms with Crippen LogP contribution in [0.4, 0.5) is 14.9 Å². The summed E-state index contributed by atoms with van der Waals surface area (Å²) in [6.45, 7) is 1.69. The Balaban J connectivity index is 1.51. The molecule has 0 aliphatic rings. The molecule has 32 heavy (non-hydrogen) atoms. The SMILES string of the molecule is CC(Sc1nnc(-c2ccc(F)cc2)c2ccccc12)C(=O)NC(=O)Nc1ccccc1. The van der Waals surface area contributed by atoms with Crippen LogP contribution >= 0.6 is 11.8 Å². The molecule has 0 radical (unpaired) electrons. The lowest BCUT2D eigenvalue weighted by Crippen LogP contribution is -2.38. The number of anilines is 1. The molecule has 0 bridgehead atoms. The van der Waals surface area contributed by atoms with Crippen LogP contribution in [0, 0.1) is 5.82 Å². The predicted octanol–water partition coefficient (Wildman–Crippen LogP) is 5.26. The maximum atomic E-state index is 13.3. The highest BCUT2D eigenvalue weighted by atomic mass is 32.2. The van der Waals surface area contributed by atoms with Crippen LogP contribution in [0.3, 0.4) is 0 Å². The number of halogens is 1. The minimum absolute atomic E-state index is 0.325. The van der Waals surface area contributed by atoms with Crippen molar-refractivity contribution < 1.29 is 14.0 Å². The fraction of sp³-hybridized carbons (Fsp3) is 0.0833. The zero-order chi connectivity index (χ0) is 22.5. The van der Waals surface area contributed by atoms with Gasteiger partial charge in [-0.15, -0.1) is 10.2 Å². The van der Waals surface area contributed by atoms with E-state index in [4.69, 9.17) is 0 Å². The molecule has 4 aromatic rings. The Morgan fingerprint density at radius 3 is 2.25 bits per heavy atom. The van der Waals surface area contributed by atoms with Crippen LogP contribution in [0.15, 0.2) is 83.9 Å². The zero-order valence-electron chi connectivity index (χ0n) is 17.1. The second kappa shape index (κ2) is 9.57. The number of carbonyl (C=O) groups is 2. The van der Waals surface area contributed by atoms with Crippen LogP contribution in [0.1, 0.15) is 6.92 Å². The van der Waals surface area contributed by atoms with Crippen molar-refractivity contribution in [2.75, 3.05) is 5.32 Å². The van der Waals surface area contributed by atoms with Gasteiger partial charge in [-0.2, -0.15) is 0 Å². The molecule has 4 rings (SSSR count). The van der Waals surface area contributed by atoms with Gasteiger partial charge in [-0.05, 0) is 43.3 Å². The number of para-hydroxylation sites is 1. The summed E-state index contributed by atoms with van der Waals surface area (Å²) in [7, 11) is 0. The lowest BCUT2D eigenvalue weighted by molar-refractivity contribution is -0.119. The van der Waals surface area contributed by atoms with Gasteiger partial charge in [0.15, 0.2) is 0 Å². The van der Waals surface area contributed by atoms with Gasteiger partial charge in [-0.3, -0.25) is 10.1 Å². The molecule has 0 spiro atoms. The highest BCUT2D eigenvalue weighted by Gasteiger charge is 2.20. The number of nitrogens with zero attached hydrogens (tertiary/aromatic N) is 2. The number of fused-ring (bicyclic) bond motifs is 1. The molecule has 0 fully saturated rings. The Hall–Kier alpha value is -3.78. The van der Waals surface area contributed by atoms with Crippen molar-refractivity contribution in [2.45, 2.75) is 17.2 Å². The summed E-state index contributed by atoms with van der Waals surface area (Å²) in [4.78, 5) is 24.6. The smallest absolute Gasteiger partial charge is 0.308 e. The summed E-state index contributed by atoms with van der Waals surface area (Å²) in [5, 5.41) is 15.2. The molecule has 0 saturated carbocycles. The van der Waals surface area contributed by atoms with E-state index in [0.717, 1.165) is 16.3 Å². The number of hydrogen-bond acceptors (Lipinski definition) is 5. The summed E-state index contributed by atoms with van der Waals surface area (Å²) >= 11 is 1.21. The first-order valence-electron chi connectivity index (χ1n) is 9.86. The third-order valence-electron chi connectivity index (χ3n) is 4.70. The van der Waals surface area contributed by atoms with E-state index >= 15 is 0 Å². The molecule has 1 atom stereocenters. The molecule has 0 saturated heterocycles. The van der Waals surface area contributed by atoms with Crippen LogP contribution in [-0.4, -0.2) is 27.4 Å². The first-order chi connectivity index (χ1) is 15.5. The molecule has 1 aromatic heterocycles. The van der Waals surface area contributed by atoms with Crippen molar-refractivity contribution in [3.05, 3.63) is 84.7 Å². The minimum atomic E-state index is -0.601. The molecule has 1 heterocycles. The lowest BCUT2D eigenvalue weighted by atomic mass is 10.1. The van der Waals surface area contributed by atoms with Gasteiger partial charge in [0.2, 0.25) is 5.91 Å². The molecule has 2 N–H and O–H groups in total. The Bertz CT molecular complexity index is 1270. The minimum Gasteiger partial charge on any atom is -0.308 e. The van der Waals surface area contributed by atoms with Crippen LogP contribution in [0.5, 0.6) is 0 Å². The Kier molecular flexibility index (Phi) is 6.42. The normalized spacial score (nSPS) is 11.7. The number of benzene rings is 3. The fourth-order valence-electron chi connectivity index (χ4n) is 3.11. The number of hydrogen-bond donors (Lipinski definition) is 2. The second-order valence-corrected chi connectivity index (χ2v) is 8.31. The van der Waals surface area contributed by atoms with Gasteiger partial charge >= 0.3 is 6.03 Å². The van der Waals surface area contributed by atoms with E-state index < -0.39 is 17.2 Å². The maximum absolute atomic E-state index is 13.3. The van der Waals surface area contributed by atoms with Gasteiger partial charge in [0.25, 0.3) is 0 Å². The van der Waals surface area contributed by atoms with E-state index in [-0.39, 0.29) is 5.82 Å². The largest absolute Gasteiger partial charge is 0.325 e. The summed E-state index contributed by atoms with van der Waals surface area (Å²) in [5.41, 5.74) is 1.96. The lowest BCUT2D eigenvalue weighted by Gasteiger charge is -2.13. The zero-order valence-corrected chi connectivity index (χ0v) is 17.9. The first kappa shape index (κ1) is 21.5. The van der Waals surface area contributed by atoms with Gasteiger partial charge < -0.3 is 5.32 Å². The van der Waals surface area contributed by atoms with Gasteiger partial charge in [0.05, 0.1) is 5.25 Å². The van der Waals surface area contributed by atoms with Gasteiger partial charge in [0, 0.05) is 22.0 Å². The third-order valence-corrected chi connectivity index (χ3v) is 5.79. The Morgan fingerprint density at radius 1 is 0.875 bits per heavy atom. The predicted molar refractivity (Wildman–Crippen MR) is 124 cm³/mol. The van der Waals surface area contributed by atoms with Crippen LogP contribution in [0.25, 0.3) is 22.0 Å². The van der Waals surface area contributed by atoms with E-state index in [1.807, 2.05) is 30.3 Å². The van der Waals surface area contributed by atoms with Crippen molar-refractivity contribution in [3.8, 4) is 11.3 Å². The number of urea groups is 1. The average molecular weight is 447 g/mol. The van der Waals surface area contributed by atoms with E-state index in [1.54, 1.807) is 43.3 Å². The highest BCUT2D eigenvalue weighted by molar-refractivity contribution is 8.00. The molecular formula is C24H19FN4O2S. The highest BCUT2D eigenvalue weighted by Crippen LogP contribution is 2.33. The monoisotopic (exact) mass is 446 g/mol. The number of amides is 3. The van der Waals surface area contributed by atoms with Crippen molar-refractivity contribution in [1.82, 2.24) is 15.5 Å². The van der Waals surface area contributed by atoms with Crippen molar-refractivity contribution >= 4 is 40.2 Å². The maximum Gasteiger partial charge on any atom is 0.325 e. The molecule has 3 aromatic carbocycles. The molecule has 0 aliphatic carbocycles. The molecule has 0 aliphatic heterocycles. The third kappa shape index (κ3) is 4.92. The number of imide groups is 1. The average Bonchev–Trinajstić information content (AvgIpc) is 2.80. The Morgan fingerprint density at radius 2 is 1.53 bits per heavy atom. The number of carbonyl (C=O) groups excluding carboxylic acids is 2. The quantitative estimate of drug-likeness (QED) is 0.408. The first-order valence-corrected chi connectivity index (χ1v) is 10.7. The summed E-state index contributed by atoms with van der Waals surface area (Å²) < 4.78 is 13.3. The summed E-state index contributed by atoms with van der Waals surface area (Å²) in [6, 6.07) is 21.9. The van der Waals surface area contributed by atoms with Gasteiger partial charge in [-0.1, -0.05) is 54.2 Å². The molecule has 8 heteroatoms. The number of rotatable bonds is 5. The molecule has 1 unspecified atom stereocenters. The fourth-order valence-corrected chi connectivity index (χ4v) is 4.00. The number of aromatic nitrogens is 2. The van der Waals surface area contributed by atoms with Gasteiger partial charge in [0.1, 0.15) is 16.5 Å². The topological polar surface area (TPSA) is 84.0 Å². The van der Waals surface area contributed by atoms with Crippen molar-refractivity contribution in [1.29, 1.82) is 0 Å². The van der Waals surface area contributed by atoms with Crippen molar-refractivity contribution in [3.63, 3.8) is 0 Å². The molecular weight excluding hydrogens is 427 g/mol. The number of nitrogens with one attached hydrogen (secondary N) is 2. The molecule has 3 amide bonds. The summed E-state index contributed by atoms with van der Waals surface area (Å²) in [5.74, 6) is -0.772. The van der Waals surface area contributed by atoms with Crippen molar-refractivity contribution in [2.24, 2.45) is 0 Å². The van der Waals surface area contributed by atoms with E-state index in [9.17, 15) is 14.0 Å².